The molecule has 0 fully saturated rings. The Morgan fingerprint density at radius 3 is 2.71 bits per heavy atom. The number of carbonyl (C=O) groups is 1. The summed E-state index contributed by atoms with van der Waals surface area (Å²) in [6, 6.07) is 6.43. The average molecular weight is 512 g/mol. The van der Waals surface area contributed by atoms with Crippen LogP contribution >= 0.6 is 11.3 Å². The van der Waals surface area contributed by atoms with E-state index in [1.807, 2.05) is 0 Å². The highest BCUT2D eigenvalue weighted by Crippen LogP contribution is 2.33. The van der Waals surface area contributed by atoms with E-state index in [1.165, 1.54) is 30.3 Å². The standard InChI is InChI=1S/C22H20F4N4O4S/c1-30-17-11-14(23)13(18(32)3-2-7-33-8-6-31)10-16(17)27-20(30)29-21-28-15-5-4-12(9-19(15)35-21)34-22(24,25)26/h4-5,9-11,31H,2-3,6-8H2,1H3,(H,27,28,29). The second kappa shape index (κ2) is 10.1. The number of hydrogen-bond donors (Lipinski definition) is 2. The highest BCUT2D eigenvalue weighted by Gasteiger charge is 2.31. The Morgan fingerprint density at radius 2 is 1.97 bits per heavy atom. The van der Waals surface area contributed by atoms with Crippen LogP contribution in [0.5, 0.6) is 5.75 Å². The van der Waals surface area contributed by atoms with Crippen LogP contribution in [0.15, 0.2) is 30.3 Å². The molecule has 0 unspecified atom stereocenters. The third-order valence-electron chi connectivity index (χ3n) is 5.01. The van der Waals surface area contributed by atoms with Gasteiger partial charge in [-0.05, 0) is 24.6 Å². The van der Waals surface area contributed by atoms with Gasteiger partial charge in [0.25, 0.3) is 0 Å². The second-order valence-electron chi connectivity index (χ2n) is 7.50. The van der Waals surface area contributed by atoms with Crippen LogP contribution in [0, 0.1) is 5.82 Å². The number of imidazole rings is 1. The molecule has 0 bridgehead atoms. The number of aliphatic hydroxyl groups excluding tert-OH is 1. The van der Waals surface area contributed by atoms with Crippen LogP contribution in [-0.4, -0.2) is 51.6 Å². The molecule has 0 spiro atoms. The lowest BCUT2D eigenvalue weighted by atomic mass is 10.1. The fourth-order valence-electron chi connectivity index (χ4n) is 3.43. The molecule has 0 aliphatic heterocycles. The molecule has 0 saturated carbocycles. The zero-order valence-electron chi connectivity index (χ0n) is 18.4. The molecular formula is C22H20F4N4O4S. The van der Waals surface area contributed by atoms with E-state index in [1.54, 1.807) is 11.6 Å². The number of halogens is 4. The molecule has 0 saturated heterocycles. The predicted octanol–water partition coefficient (Wildman–Crippen LogP) is 4.94. The number of aliphatic hydroxyl groups is 1. The molecular weight excluding hydrogens is 492 g/mol. The number of benzene rings is 2. The monoisotopic (exact) mass is 512 g/mol. The quantitative estimate of drug-likeness (QED) is 0.177. The number of fused-ring (bicyclic) bond motifs is 2. The van der Waals surface area contributed by atoms with E-state index < -0.39 is 12.2 Å². The number of alkyl halides is 3. The molecule has 0 amide bonds. The molecule has 4 rings (SSSR count). The topological polar surface area (TPSA) is 98.5 Å². The van der Waals surface area contributed by atoms with Gasteiger partial charge < -0.3 is 24.5 Å². The number of carbonyl (C=O) groups excluding carboxylic acids is 1. The van der Waals surface area contributed by atoms with E-state index in [2.05, 4.69) is 20.0 Å². The Balaban J connectivity index is 1.53. The van der Waals surface area contributed by atoms with E-state index in [0.717, 1.165) is 11.3 Å². The Hall–Kier alpha value is -3.29. The lowest BCUT2D eigenvalue weighted by Crippen LogP contribution is -2.16. The molecule has 35 heavy (non-hydrogen) atoms. The van der Waals surface area contributed by atoms with Gasteiger partial charge in [-0.2, -0.15) is 0 Å². The fraction of sp³-hybridized carbons (Fsp3) is 0.318. The molecule has 2 aromatic carbocycles. The minimum atomic E-state index is -4.80. The first-order chi connectivity index (χ1) is 16.6. The van der Waals surface area contributed by atoms with E-state index in [9.17, 15) is 22.4 Å². The van der Waals surface area contributed by atoms with Gasteiger partial charge in [-0.3, -0.25) is 4.79 Å². The first-order valence-electron chi connectivity index (χ1n) is 10.5. The van der Waals surface area contributed by atoms with Crippen molar-refractivity contribution in [3.63, 3.8) is 0 Å². The van der Waals surface area contributed by atoms with Crippen LogP contribution in [0.3, 0.4) is 0 Å². The highest BCUT2D eigenvalue weighted by atomic mass is 32.1. The predicted molar refractivity (Wildman–Crippen MR) is 122 cm³/mol. The molecule has 13 heteroatoms. The number of nitrogens with one attached hydrogen (secondary N) is 1. The summed E-state index contributed by atoms with van der Waals surface area (Å²) in [5.41, 5.74) is 1.21. The van der Waals surface area contributed by atoms with Gasteiger partial charge in [0.2, 0.25) is 5.95 Å². The number of Topliss-reactive ketones (excluding diaryl/α,β-unsaturated/α-hetero) is 1. The molecule has 186 valence electrons. The second-order valence-corrected chi connectivity index (χ2v) is 8.53. The maximum atomic E-state index is 14.7. The van der Waals surface area contributed by atoms with E-state index in [-0.39, 0.29) is 43.3 Å². The molecule has 2 aromatic heterocycles. The number of rotatable bonds is 10. The summed E-state index contributed by atoms with van der Waals surface area (Å²) in [5, 5.41) is 12.0. The summed E-state index contributed by atoms with van der Waals surface area (Å²) in [7, 11) is 1.65. The number of ketones is 1. The van der Waals surface area contributed by atoms with Crippen molar-refractivity contribution in [1.82, 2.24) is 14.5 Å². The average Bonchev–Trinajstić information content (AvgIpc) is 3.32. The van der Waals surface area contributed by atoms with Crippen molar-refractivity contribution in [3.05, 3.63) is 41.7 Å². The van der Waals surface area contributed by atoms with E-state index >= 15 is 0 Å². The minimum Gasteiger partial charge on any atom is -0.406 e. The smallest absolute Gasteiger partial charge is 0.406 e. The van der Waals surface area contributed by atoms with E-state index in [4.69, 9.17) is 9.84 Å². The van der Waals surface area contributed by atoms with Gasteiger partial charge in [0.05, 0.1) is 40.0 Å². The summed E-state index contributed by atoms with van der Waals surface area (Å²) < 4.78 is 63.2. The largest absolute Gasteiger partial charge is 0.573 e. The third kappa shape index (κ3) is 5.86. The molecule has 0 aliphatic rings. The number of aryl methyl sites for hydroxylation is 1. The highest BCUT2D eigenvalue weighted by molar-refractivity contribution is 7.22. The Morgan fingerprint density at radius 1 is 1.17 bits per heavy atom. The molecule has 2 N–H and O–H groups in total. The van der Waals surface area contributed by atoms with Crippen molar-refractivity contribution in [2.45, 2.75) is 19.2 Å². The van der Waals surface area contributed by atoms with Gasteiger partial charge in [-0.1, -0.05) is 11.3 Å². The first-order valence-corrected chi connectivity index (χ1v) is 11.3. The summed E-state index contributed by atoms with van der Waals surface area (Å²) in [5.74, 6) is -1.10. The van der Waals surface area contributed by atoms with Crippen LogP contribution in [0.4, 0.5) is 28.6 Å². The Labute approximate surface area is 200 Å². The number of aromatic nitrogens is 3. The Kier molecular flexibility index (Phi) is 7.19. The number of hydrogen-bond acceptors (Lipinski definition) is 8. The van der Waals surface area contributed by atoms with Crippen LogP contribution in [0.25, 0.3) is 21.3 Å². The fourth-order valence-corrected chi connectivity index (χ4v) is 4.31. The van der Waals surface area contributed by atoms with Crippen LogP contribution < -0.4 is 10.1 Å². The van der Waals surface area contributed by atoms with Crippen molar-refractivity contribution in [3.8, 4) is 5.75 Å². The third-order valence-corrected chi connectivity index (χ3v) is 5.94. The molecule has 0 aliphatic carbocycles. The Bertz CT molecular complexity index is 1370. The van der Waals surface area contributed by atoms with Crippen molar-refractivity contribution >= 4 is 49.4 Å². The summed E-state index contributed by atoms with van der Waals surface area (Å²) in [6.45, 7) is 0.342. The van der Waals surface area contributed by atoms with Gasteiger partial charge >= 0.3 is 6.36 Å². The molecule has 8 nitrogen and oxygen atoms in total. The van der Waals surface area contributed by atoms with Gasteiger partial charge in [0.1, 0.15) is 11.6 Å². The zero-order valence-corrected chi connectivity index (χ0v) is 19.2. The van der Waals surface area contributed by atoms with Crippen molar-refractivity contribution < 1.29 is 36.9 Å². The van der Waals surface area contributed by atoms with Crippen LogP contribution in [-0.2, 0) is 11.8 Å². The lowest BCUT2D eigenvalue weighted by molar-refractivity contribution is -0.274. The SMILES string of the molecule is Cn1c(Nc2nc3ccc(OC(F)(F)F)cc3s2)nc2cc(C(=O)CCCOCCO)c(F)cc21. The molecule has 0 radical (unpaired) electrons. The summed E-state index contributed by atoms with van der Waals surface area (Å²) in [4.78, 5) is 21.2. The lowest BCUT2D eigenvalue weighted by Gasteiger charge is -2.07. The summed E-state index contributed by atoms with van der Waals surface area (Å²) >= 11 is 1.10. The van der Waals surface area contributed by atoms with Gasteiger partial charge in [0.15, 0.2) is 10.9 Å². The number of nitrogens with zero attached hydrogens (tertiary/aromatic N) is 3. The van der Waals surface area contributed by atoms with Crippen molar-refractivity contribution in [2.75, 3.05) is 25.1 Å². The maximum absolute atomic E-state index is 14.7. The van der Waals surface area contributed by atoms with Crippen molar-refractivity contribution in [2.24, 2.45) is 7.05 Å². The normalized spacial score (nSPS) is 11.9. The number of ether oxygens (including phenoxy) is 2. The minimum absolute atomic E-state index is 0.0809. The van der Waals surface area contributed by atoms with E-state index in [0.29, 0.717) is 38.8 Å². The maximum Gasteiger partial charge on any atom is 0.573 e. The zero-order chi connectivity index (χ0) is 25.2. The first kappa shape index (κ1) is 24.8. The number of thiazole rings is 1. The summed E-state index contributed by atoms with van der Waals surface area (Å²) in [6.07, 6.45) is -4.33. The van der Waals surface area contributed by atoms with Gasteiger partial charge in [-0.15, -0.1) is 13.2 Å². The van der Waals surface area contributed by atoms with Crippen LogP contribution in [0.1, 0.15) is 23.2 Å². The van der Waals surface area contributed by atoms with Crippen molar-refractivity contribution in [1.29, 1.82) is 0 Å². The van der Waals surface area contributed by atoms with Crippen LogP contribution in [0.2, 0.25) is 0 Å². The number of anilines is 2. The molecule has 4 aromatic rings. The molecule has 2 heterocycles. The molecule has 0 atom stereocenters. The van der Waals surface area contributed by atoms with Gasteiger partial charge in [0, 0.05) is 32.2 Å². The van der Waals surface area contributed by atoms with Gasteiger partial charge in [-0.25, -0.2) is 14.4 Å².